The molecule has 0 spiro atoms. The summed E-state index contributed by atoms with van der Waals surface area (Å²) < 4.78 is 5.05. The van der Waals surface area contributed by atoms with Gasteiger partial charge >= 0.3 is 5.97 Å². The molecule has 1 atom stereocenters. The van der Waals surface area contributed by atoms with Gasteiger partial charge in [-0.25, -0.2) is 0 Å². The second-order valence-corrected chi connectivity index (χ2v) is 7.56. The molecule has 0 aromatic heterocycles. The van der Waals surface area contributed by atoms with Crippen LogP contribution in [0.25, 0.3) is 0 Å². The van der Waals surface area contributed by atoms with Gasteiger partial charge < -0.3 is 10.1 Å². The molecule has 0 heterocycles. The number of benzene rings is 2. The van der Waals surface area contributed by atoms with Crippen molar-refractivity contribution in [1.82, 2.24) is 5.32 Å². The van der Waals surface area contributed by atoms with Crippen molar-refractivity contribution < 1.29 is 19.2 Å². The summed E-state index contributed by atoms with van der Waals surface area (Å²) in [5.41, 5.74) is 2.31. The van der Waals surface area contributed by atoms with Gasteiger partial charge in [0.25, 0.3) is 11.6 Å². The normalized spacial score (nSPS) is 11.5. The number of aryl methyl sites for hydroxylation is 1. The lowest BCUT2D eigenvalue weighted by Gasteiger charge is -2.11. The van der Waals surface area contributed by atoms with Crippen LogP contribution in [0.2, 0.25) is 0 Å². The number of amides is 1. The molecule has 0 fully saturated rings. The van der Waals surface area contributed by atoms with Crippen molar-refractivity contribution in [2.24, 2.45) is 0 Å². The number of nitro benzene ring substituents is 1. The molecule has 1 amide bonds. The number of nitrogens with one attached hydrogen (secondary N) is 1. The first-order chi connectivity index (χ1) is 13.4. The maximum atomic E-state index is 12.0. The van der Waals surface area contributed by atoms with Crippen LogP contribution < -0.4 is 5.32 Å². The van der Waals surface area contributed by atoms with Gasteiger partial charge in [0.15, 0.2) is 6.61 Å². The Balaban J connectivity index is 1.70. The SMILES string of the molecule is Cc1ccccc1CCNC(=O)COC(=O)C(C)Sc1ccc([N+](=O)[O-])cc1. The first-order valence-electron chi connectivity index (χ1n) is 8.76. The highest BCUT2D eigenvalue weighted by Crippen LogP contribution is 2.25. The van der Waals surface area contributed by atoms with E-state index in [1.807, 2.05) is 31.2 Å². The first-order valence-corrected chi connectivity index (χ1v) is 9.63. The zero-order chi connectivity index (χ0) is 20.5. The topological polar surface area (TPSA) is 98.5 Å². The van der Waals surface area contributed by atoms with Crippen LogP contribution >= 0.6 is 11.8 Å². The fraction of sp³-hybridized carbons (Fsp3) is 0.300. The predicted molar refractivity (Wildman–Crippen MR) is 107 cm³/mol. The number of thioether (sulfide) groups is 1. The Hall–Kier alpha value is -2.87. The van der Waals surface area contributed by atoms with Gasteiger partial charge in [-0.2, -0.15) is 0 Å². The summed E-state index contributed by atoms with van der Waals surface area (Å²) in [6.45, 7) is 3.81. The van der Waals surface area contributed by atoms with Crippen LogP contribution in [0.5, 0.6) is 0 Å². The maximum Gasteiger partial charge on any atom is 0.319 e. The molecule has 1 unspecified atom stereocenters. The van der Waals surface area contributed by atoms with E-state index in [1.54, 1.807) is 19.1 Å². The van der Waals surface area contributed by atoms with E-state index in [0.717, 1.165) is 5.56 Å². The molecule has 0 saturated carbocycles. The summed E-state index contributed by atoms with van der Waals surface area (Å²) >= 11 is 1.21. The Morgan fingerprint density at radius 1 is 1.18 bits per heavy atom. The number of nitro groups is 1. The van der Waals surface area contributed by atoms with Crippen molar-refractivity contribution in [1.29, 1.82) is 0 Å². The number of carbonyl (C=O) groups excluding carboxylic acids is 2. The largest absolute Gasteiger partial charge is 0.455 e. The highest BCUT2D eigenvalue weighted by atomic mass is 32.2. The van der Waals surface area contributed by atoms with Crippen LogP contribution in [0.15, 0.2) is 53.4 Å². The molecule has 1 N–H and O–H groups in total. The second-order valence-electron chi connectivity index (χ2n) is 6.15. The predicted octanol–water partition coefficient (Wildman–Crippen LogP) is 3.29. The average Bonchev–Trinajstić information content (AvgIpc) is 2.68. The minimum Gasteiger partial charge on any atom is -0.455 e. The molecule has 0 aliphatic rings. The number of ether oxygens (including phenoxy) is 1. The summed E-state index contributed by atoms with van der Waals surface area (Å²) in [6.07, 6.45) is 0.707. The number of hydrogen-bond donors (Lipinski definition) is 1. The minimum atomic E-state index is -0.541. The molecule has 0 aliphatic heterocycles. The smallest absolute Gasteiger partial charge is 0.319 e. The monoisotopic (exact) mass is 402 g/mol. The van der Waals surface area contributed by atoms with Gasteiger partial charge in [0.1, 0.15) is 5.25 Å². The number of hydrogen-bond acceptors (Lipinski definition) is 6. The summed E-state index contributed by atoms with van der Waals surface area (Å²) in [5, 5.41) is 12.8. The van der Waals surface area contributed by atoms with E-state index in [-0.39, 0.29) is 18.2 Å². The van der Waals surface area contributed by atoms with Crippen molar-refractivity contribution in [3.8, 4) is 0 Å². The Labute approximate surface area is 167 Å². The van der Waals surface area contributed by atoms with Crippen LogP contribution in [0.4, 0.5) is 5.69 Å². The molecule has 0 bridgehead atoms. The zero-order valence-electron chi connectivity index (χ0n) is 15.7. The van der Waals surface area contributed by atoms with Crippen LogP contribution in [-0.4, -0.2) is 35.2 Å². The Bertz CT molecular complexity index is 839. The molecule has 28 heavy (non-hydrogen) atoms. The standard InChI is InChI=1S/C20H22N2O5S/c1-14-5-3-4-6-16(14)11-12-21-19(23)13-27-20(24)15(2)28-18-9-7-17(8-10-18)22(25)26/h3-10,15H,11-13H2,1-2H3,(H,21,23). The maximum absolute atomic E-state index is 12.0. The third-order valence-corrected chi connectivity index (χ3v) is 5.11. The fourth-order valence-corrected chi connectivity index (χ4v) is 3.30. The molecular formula is C20H22N2O5S. The van der Waals surface area contributed by atoms with Crippen LogP contribution in [0.3, 0.4) is 0 Å². The number of carbonyl (C=O) groups is 2. The minimum absolute atomic E-state index is 0.0121. The molecule has 0 radical (unpaired) electrons. The number of esters is 1. The highest BCUT2D eigenvalue weighted by molar-refractivity contribution is 8.00. The van der Waals surface area contributed by atoms with E-state index in [2.05, 4.69) is 5.32 Å². The molecule has 2 aromatic carbocycles. The summed E-state index contributed by atoms with van der Waals surface area (Å²) in [6, 6.07) is 13.9. The van der Waals surface area contributed by atoms with Gasteiger partial charge in [-0.15, -0.1) is 11.8 Å². The van der Waals surface area contributed by atoms with E-state index < -0.39 is 16.1 Å². The average molecular weight is 402 g/mol. The van der Waals surface area contributed by atoms with Gasteiger partial charge in [0.05, 0.1) is 4.92 Å². The fourth-order valence-electron chi connectivity index (χ4n) is 2.43. The molecule has 2 rings (SSSR count). The Kier molecular flexibility index (Phi) is 8.01. The van der Waals surface area contributed by atoms with Gasteiger partial charge in [-0.05, 0) is 43.5 Å². The van der Waals surface area contributed by atoms with Gasteiger partial charge in [-0.3, -0.25) is 19.7 Å². The number of non-ortho nitro benzene ring substituents is 1. The van der Waals surface area contributed by atoms with Crippen molar-refractivity contribution in [3.05, 3.63) is 69.8 Å². The molecule has 7 nitrogen and oxygen atoms in total. The first kappa shape index (κ1) is 21.4. The number of rotatable bonds is 9. The molecule has 2 aromatic rings. The van der Waals surface area contributed by atoms with Gasteiger partial charge in [-0.1, -0.05) is 24.3 Å². The zero-order valence-corrected chi connectivity index (χ0v) is 16.5. The molecule has 0 saturated heterocycles. The van der Waals surface area contributed by atoms with Crippen molar-refractivity contribution in [3.63, 3.8) is 0 Å². The molecular weight excluding hydrogens is 380 g/mol. The van der Waals surface area contributed by atoms with E-state index >= 15 is 0 Å². The van der Waals surface area contributed by atoms with Gasteiger partial charge in [0, 0.05) is 23.6 Å². The summed E-state index contributed by atoms with van der Waals surface area (Å²) in [5.74, 6) is -0.869. The van der Waals surface area contributed by atoms with E-state index in [9.17, 15) is 19.7 Å². The highest BCUT2D eigenvalue weighted by Gasteiger charge is 2.18. The Morgan fingerprint density at radius 3 is 2.50 bits per heavy atom. The lowest BCUT2D eigenvalue weighted by atomic mass is 10.1. The van der Waals surface area contributed by atoms with E-state index in [0.29, 0.717) is 17.9 Å². The quantitative estimate of drug-likeness (QED) is 0.299. The molecule has 148 valence electrons. The van der Waals surface area contributed by atoms with Crippen LogP contribution in [0, 0.1) is 17.0 Å². The third kappa shape index (κ3) is 6.70. The summed E-state index contributed by atoms with van der Waals surface area (Å²) in [4.78, 5) is 34.8. The summed E-state index contributed by atoms with van der Waals surface area (Å²) in [7, 11) is 0. The van der Waals surface area contributed by atoms with Crippen molar-refractivity contribution >= 4 is 29.3 Å². The second kappa shape index (κ2) is 10.5. The lowest BCUT2D eigenvalue weighted by molar-refractivity contribution is -0.384. The van der Waals surface area contributed by atoms with Crippen LogP contribution in [-0.2, 0) is 20.7 Å². The lowest BCUT2D eigenvalue weighted by Crippen LogP contribution is -2.31. The Morgan fingerprint density at radius 2 is 1.86 bits per heavy atom. The van der Waals surface area contributed by atoms with Crippen molar-refractivity contribution in [2.45, 2.75) is 30.4 Å². The van der Waals surface area contributed by atoms with Gasteiger partial charge in [0.2, 0.25) is 0 Å². The van der Waals surface area contributed by atoms with E-state index in [4.69, 9.17) is 4.74 Å². The van der Waals surface area contributed by atoms with Crippen LogP contribution in [0.1, 0.15) is 18.1 Å². The molecule has 8 heteroatoms. The third-order valence-electron chi connectivity index (χ3n) is 4.02. The van der Waals surface area contributed by atoms with Crippen molar-refractivity contribution in [2.75, 3.05) is 13.2 Å². The molecule has 0 aliphatic carbocycles. The number of nitrogens with zero attached hydrogens (tertiary/aromatic N) is 1. The van der Waals surface area contributed by atoms with E-state index in [1.165, 1.54) is 29.5 Å².